The third-order valence-electron chi connectivity index (χ3n) is 5.82. The Morgan fingerprint density at radius 3 is 2.45 bits per heavy atom. The van der Waals surface area contributed by atoms with E-state index in [1.54, 1.807) is 28.8 Å². The molecule has 0 radical (unpaired) electrons. The lowest BCUT2D eigenvalue weighted by molar-refractivity contribution is 0.102. The van der Waals surface area contributed by atoms with Gasteiger partial charge in [-0.15, -0.1) is 28.2 Å². The maximum absolute atomic E-state index is 13.6. The highest BCUT2D eigenvalue weighted by atomic mass is 35.5. The van der Waals surface area contributed by atoms with Crippen molar-refractivity contribution in [2.75, 3.05) is 22.6 Å². The van der Waals surface area contributed by atoms with E-state index in [-0.39, 0.29) is 17.3 Å². The van der Waals surface area contributed by atoms with Gasteiger partial charge in [-0.3, -0.25) is 4.79 Å². The Morgan fingerprint density at radius 2 is 1.71 bits per heavy atom. The fourth-order valence-electron chi connectivity index (χ4n) is 4.09. The highest BCUT2D eigenvalue weighted by Gasteiger charge is 2.27. The first-order valence-corrected chi connectivity index (χ1v) is 13.9. The molecule has 6 rings (SSSR count). The van der Waals surface area contributed by atoms with Crippen LogP contribution < -0.4 is 16.4 Å². The van der Waals surface area contributed by atoms with E-state index in [2.05, 4.69) is 15.6 Å². The number of fused-ring (bicyclic) bond motifs is 2. The van der Waals surface area contributed by atoms with Gasteiger partial charge in [0.05, 0.1) is 15.8 Å². The zero-order chi connectivity index (χ0) is 26.2. The number of halogens is 1. The molecule has 0 unspecified atom stereocenters. The molecule has 4 N–H and O–H groups in total. The average Bonchev–Trinajstić information content (AvgIpc) is 3.50. The summed E-state index contributed by atoms with van der Waals surface area (Å²) in [7, 11) is 0. The van der Waals surface area contributed by atoms with E-state index < -0.39 is 0 Å². The summed E-state index contributed by atoms with van der Waals surface area (Å²) < 4.78 is 2.70. The summed E-state index contributed by atoms with van der Waals surface area (Å²) in [5.74, 6) is 0.242. The van der Waals surface area contributed by atoms with Crippen LogP contribution in [0.5, 0.6) is 0 Å². The van der Waals surface area contributed by atoms with E-state index in [9.17, 15) is 4.79 Å². The Bertz CT molecular complexity index is 1770. The van der Waals surface area contributed by atoms with E-state index in [1.165, 1.54) is 23.1 Å². The average molecular weight is 558 g/mol. The molecule has 6 aromatic rings. The highest BCUT2D eigenvalue weighted by Crippen LogP contribution is 2.40. The molecule has 0 fully saturated rings. The van der Waals surface area contributed by atoms with E-state index in [4.69, 9.17) is 27.4 Å². The molecule has 11 heteroatoms. The highest BCUT2D eigenvalue weighted by molar-refractivity contribution is 7.98. The van der Waals surface area contributed by atoms with Gasteiger partial charge in [0.1, 0.15) is 21.4 Å². The maximum Gasteiger partial charge on any atom is 0.263 e. The van der Waals surface area contributed by atoms with E-state index in [0.29, 0.717) is 27.7 Å². The quantitative estimate of drug-likeness (QED) is 0.150. The summed E-state index contributed by atoms with van der Waals surface area (Å²) in [6, 6.07) is 24.3. The van der Waals surface area contributed by atoms with Crippen LogP contribution in [0.1, 0.15) is 10.4 Å². The summed E-state index contributed by atoms with van der Waals surface area (Å²) in [6.45, 7) is 0. The van der Waals surface area contributed by atoms with Crippen molar-refractivity contribution in [1.82, 2.24) is 19.6 Å². The molecule has 188 valence electrons. The van der Waals surface area contributed by atoms with Gasteiger partial charge in [0.2, 0.25) is 0 Å². The van der Waals surface area contributed by atoms with E-state index in [0.717, 1.165) is 25.9 Å². The number of nitrogens with zero attached hydrogens (tertiary/aromatic N) is 4. The number of amides is 1. The second-order valence-corrected chi connectivity index (χ2v) is 10.5. The summed E-state index contributed by atoms with van der Waals surface area (Å²) in [5, 5.41) is 13.0. The van der Waals surface area contributed by atoms with Crippen molar-refractivity contribution >= 4 is 79.5 Å². The van der Waals surface area contributed by atoms with Gasteiger partial charge in [0.25, 0.3) is 5.91 Å². The number of nitrogen functional groups attached to an aromatic ring is 1. The first-order chi connectivity index (χ1) is 18.5. The zero-order valence-electron chi connectivity index (χ0n) is 20.0. The molecule has 3 aromatic heterocycles. The number of thiazole rings is 1. The predicted molar refractivity (Wildman–Crippen MR) is 157 cm³/mol. The second-order valence-electron chi connectivity index (χ2n) is 8.28. The zero-order valence-corrected chi connectivity index (χ0v) is 22.4. The first-order valence-electron chi connectivity index (χ1n) is 11.5. The second kappa shape index (κ2) is 9.97. The lowest BCUT2D eigenvalue weighted by atomic mass is 10.2. The van der Waals surface area contributed by atoms with Crippen LogP contribution in [0, 0.1) is 0 Å². The van der Waals surface area contributed by atoms with Crippen LogP contribution in [-0.4, -0.2) is 31.7 Å². The van der Waals surface area contributed by atoms with Crippen molar-refractivity contribution in [3.63, 3.8) is 0 Å². The third-order valence-corrected chi connectivity index (χ3v) is 7.89. The molecule has 3 heterocycles. The molecule has 8 nitrogen and oxygen atoms in total. The SMILES string of the molecule is CSc1c(-c2nc3ccccc3s2)c(N)nc2c(C(=O)Nc3ccc(Cl)cc3)c(Nc3ccccc3)nn12. The third kappa shape index (κ3) is 4.43. The molecule has 3 aromatic carbocycles. The Morgan fingerprint density at radius 1 is 0.974 bits per heavy atom. The predicted octanol–water partition coefficient (Wildman–Crippen LogP) is 6.96. The first kappa shape index (κ1) is 24.2. The summed E-state index contributed by atoms with van der Waals surface area (Å²) in [5.41, 5.74) is 10.1. The van der Waals surface area contributed by atoms with Crippen LogP contribution in [0.15, 0.2) is 83.9 Å². The van der Waals surface area contributed by atoms with Gasteiger partial charge in [0.15, 0.2) is 11.5 Å². The fourth-order valence-corrected chi connectivity index (χ4v) is 6.01. The number of hydrogen-bond donors (Lipinski definition) is 3. The molecular formula is C27H20ClN7OS2. The van der Waals surface area contributed by atoms with Crippen molar-refractivity contribution in [3.05, 3.63) is 89.4 Å². The number of anilines is 4. The van der Waals surface area contributed by atoms with Crippen LogP contribution >= 0.6 is 34.7 Å². The summed E-state index contributed by atoms with van der Waals surface area (Å²) in [6.07, 6.45) is 1.93. The summed E-state index contributed by atoms with van der Waals surface area (Å²) in [4.78, 5) is 23.1. The Hall–Kier alpha value is -4.12. The smallest absolute Gasteiger partial charge is 0.263 e. The molecule has 0 atom stereocenters. The standard InChI is InChI=1S/C27H20ClN7OS2/c1-37-27-20(26-32-18-9-5-6-10-19(18)38-26)22(29)33-24-21(25(36)31-17-13-11-15(28)12-14-17)23(34-35(24)27)30-16-7-3-2-4-8-16/h2-14H,1H3,(H2,29,33)(H,30,34)(H,31,36). The van der Waals surface area contributed by atoms with Crippen LogP contribution in [0.2, 0.25) is 5.02 Å². The Balaban J connectivity index is 1.54. The van der Waals surface area contributed by atoms with Gasteiger partial charge < -0.3 is 16.4 Å². The minimum absolute atomic E-state index is 0.265. The van der Waals surface area contributed by atoms with Crippen LogP contribution in [-0.2, 0) is 0 Å². The molecule has 0 bridgehead atoms. The van der Waals surface area contributed by atoms with Gasteiger partial charge in [0, 0.05) is 16.4 Å². The number of aromatic nitrogens is 4. The Labute approximate surface area is 230 Å². The minimum Gasteiger partial charge on any atom is -0.383 e. The monoisotopic (exact) mass is 557 g/mol. The molecular weight excluding hydrogens is 538 g/mol. The number of rotatable bonds is 6. The van der Waals surface area contributed by atoms with Gasteiger partial charge in [-0.2, -0.15) is 0 Å². The van der Waals surface area contributed by atoms with Crippen molar-refractivity contribution < 1.29 is 4.79 Å². The van der Waals surface area contributed by atoms with Gasteiger partial charge in [-0.25, -0.2) is 14.5 Å². The molecule has 0 aliphatic carbocycles. The van der Waals surface area contributed by atoms with Gasteiger partial charge in [-0.1, -0.05) is 41.9 Å². The van der Waals surface area contributed by atoms with Crippen LogP contribution in [0.3, 0.4) is 0 Å². The maximum atomic E-state index is 13.6. The van der Waals surface area contributed by atoms with Crippen molar-refractivity contribution in [3.8, 4) is 10.6 Å². The van der Waals surface area contributed by atoms with Crippen LogP contribution in [0.25, 0.3) is 26.4 Å². The topological polar surface area (TPSA) is 110 Å². The van der Waals surface area contributed by atoms with Crippen LogP contribution in [0.4, 0.5) is 23.0 Å². The molecule has 0 spiro atoms. The normalized spacial score (nSPS) is 11.2. The van der Waals surface area contributed by atoms with Crippen molar-refractivity contribution in [2.24, 2.45) is 0 Å². The number of benzene rings is 3. The number of para-hydroxylation sites is 2. The lowest BCUT2D eigenvalue weighted by Crippen LogP contribution is -2.14. The van der Waals surface area contributed by atoms with Gasteiger partial charge >= 0.3 is 0 Å². The molecule has 0 aliphatic heterocycles. The lowest BCUT2D eigenvalue weighted by Gasteiger charge is -2.10. The molecule has 0 saturated heterocycles. The van der Waals surface area contributed by atoms with E-state index >= 15 is 0 Å². The van der Waals surface area contributed by atoms with Crippen molar-refractivity contribution in [1.29, 1.82) is 0 Å². The minimum atomic E-state index is -0.382. The fraction of sp³-hybridized carbons (Fsp3) is 0.0370. The number of nitrogens with two attached hydrogens (primary N) is 1. The van der Waals surface area contributed by atoms with Gasteiger partial charge in [-0.05, 0) is 54.8 Å². The molecule has 38 heavy (non-hydrogen) atoms. The number of thioether (sulfide) groups is 1. The molecule has 1 amide bonds. The summed E-state index contributed by atoms with van der Waals surface area (Å²) >= 11 is 9.01. The number of carbonyl (C=O) groups excluding carboxylic acids is 1. The number of nitrogens with one attached hydrogen (secondary N) is 2. The Kier molecular flexibility index (Phi) is 6.36. The van der Waals surface area contributed by atoms with E-state index in [1.807, 2.05) is 60.9 Å². The van der Waals surface area contributed by atoms with Crippen molar-refractivity contribution in [2.45, 2.75) is 5.03 Å². The molecule has 0 saturated carbocycles. The number of hydrogen-bond acceptors (Lipinski definition) is 8. The number of carbonyl (C=O) groups is 1. The molecule has 0 aliphatic rings. The largest absolute Gasteiger partial charge is 0.383 e.